The van der Waals surface area contributed by atoms with Gasteiger partial charge in [0.2, 0.25) is 0 Å². The van der Waals surface area contributed by atoms with Crippen molar-refractivity contribution >= 4 is 29.5 Å². The van der Waals surface area contributed by atoms with Gasteiger partial charge in [-0.2, -0.15) is 12.6 Å². The Morgan fingerprint density at radius 2 is 2.31 bits per heavy atom. The van der Waals surface area contributed by atoms with Gasteiger partial charge >= 0.3 is 5.97 Å². The molecule has 4 heteroatoms. The Labute approximate surface area is 97.9 Å². The Hall–Kier alpha value is -1.86. The summed E-state index contributed by atoms with van der Waals surface area (Å²) in [6.45, 7) is 0. The molecule has 2 N–H and O–H groups in total. The molecule has 1 aromatic carbocycles. The lowest BCUT2D eigenvalue weighted by Crippen LogP contribution is -1.93. The van der Waals surface area contributed by atoms with E-state index >= 15 is 0 Å². The van der Waals surface area contributed by atoms with Gasteiger partial charge in [-0.3, -0.25) is 0 Å². The summed E-state index contributed by atoms with van der Waals surface area (Å²) in [7, 11) is 0. The number of fused-ring (bicyclic) bond motifs is 1. The van der Waals surface area contributed by atoms with Gasteiger partial charge in [-0.1, -0.05) is 11.8 Å². The van der Waals surface area contributed by atoms with Crippen molar-refractivity contribution in [3.05, 3.63) is 35.5 Å². The lowest BCUT2D eigenvalue weighted by Gasteiger charge is -1.94. The fourth-order valence-electron chi connectivity index (χ4n) is 1.52. The third-order valence-electron chi connectivity index (χ3n) is 2.22. The van der Waals surface area contributed by atoms with Gasteiger partial charge in [-0.15, -0.1) is 0 Å². The largest absolute Gasteiger partial charge is 0.478 e. The molecule has 2 rings (SSSR count). The van der Waals surface area contributed by atoms with Gasteiger partial charge in [0, 0.05) is 22.7 Å². The zero-order valence-corrected chi connectivity index (χ0v) is 9.21. The van der Waals surface area contributed by atoms with Crippen molar-refractivity contribution in [3.63, 3.8) is 0 Å². The maximum absolute atomic E-state index is 10.9. The molecule has 0 aliphatic heterocycles. The number of rotatable bonds is 1. The van der Waals surface area contributed by atoms with Gasteiger partial charge in [0.15, 0.2) is 0 Å². The number of aromatic amines is 1. The van der Waals surface area contributed by atoms with E-state index in [4.69, 9.17) is 5.11 Å². The molecule has 80 valence electrons. The number of benzene rings is 1. The first-order chi connectivity index (χ1) is 7.72. The maximum atomic E-state index is 10.9. The van der Waals surface area contributed by atoms with Crippen LogP contribution in [0.3, 0.4) is 0 Å². The summed E-state index contributed by atoms with van der Waals surface area (Å²) in [5.74, 6) is 5.28. The van der Waals surface area contributed by atoms with Crippen LogP contribution >= 0.6 is 12.6 Å². The smallest absolute Gasteiger partial charge is 0.337 e. The van der Waals surface area contributed by atoms with Gasteiger partial charge in [0.1, 0.15) is 0 Å². The fraction of sp³-hybridized carbons (Fsp3) is 0.0833. The first-order valence-electron chi connectivity index (χ1n) is 4.66. The van der Waals surface area contributed by atoms with Gasteiger partial charge in [0.05, 0.1) is 11.3 Å². The summed E-state index contributed by atoms with van der Waals surface area (Å²) in [6, 6.07) is 5.44. The van der Waals surface area contributed by atoms with E-state index in [2.05, 4.69) is 29.5 Å². The van der Waals surface area contributed by atoms with Crippen LogP contribution in [0.5, 0.6) is 0 Å². The number of thiol groups is 1. The van der Waals surface area contributed by atoms with Crippen LogP contribution in [0.25, 0.3) is 10.9 Å². The molecule has 0 saturated heterocycles. The van der Waals surface area contributed by atoms with E-state index < -0.39 is 5.97 Å². The Balaban J connectivity index is 2.58. The van der Waals surface area contributed by atoms with Gasteiger partial charge in [0.25, 0.3) is 0 Å². The lowest BCUT2D eigenvalue weighted by molar-refractivity contribution is 0.0699. The third kappa shape index (κ3) is 1.90. The minimum Gasteiger partial charge on any atom is -0.478 e. The Morgan fingerprint density at radius 3 is 3.00 bits per heavy atom. The second-order valence-electron chi connectivity index (χ2n) is 3.23. The molecule has 0 amide bonds. The number of nitrogens with one attached hydrogen (secondary N) is 1. The standard InChI is InChI=1S/C12H9NO2S/c14-12(15)10-7-13-11-4-3-8(2-1-5-16)6-9(10)11/h3-4,6-7,13,16H,5H2,(H,14,15). The molecule has 0 radical (unpaired) electrons. The number of carboxylic acid groups (broad SMARTS) is 1. The molecule has 1 heterocycles. The lowest BCUT2D eigenvalue weighted by atomic mass is 10.1. The predicted molar refractivity (Wildman–Crippen MR) is 66.0 cm³/mol. The molecule has 0 fully saturated rings. The number of H-pyrrole nitrogens is 1. The van der Waals surface area contributed by atoms with Crippen molar-refractivity contribution in [3.8, 4) is 11.8 Å². The second-order valence-corrected chi connectivity index (χ2v) is 3.54. The third-order valence-corrected chi connectivity index (χ3v) is 2.38. The van der Waals surface area contributed by atoms with Crippen LogP contribution in [-0.4, -0.2) is 21.8 Å². The summed E-state index contributed by atoms with van der Waals surface area (Å²) >= 11 is 3.99. The van der Waals surface area contributed by atoms with Crippen molar-refractivity contribution in [2.45, 2.75) is 0 Å². The Morgan fingerprint density at radius 1 is 1.50 bits per heavy atom. The number of aromatic carboxylic acids is 1. The molecule has 0 saturated carbocycles. The highest BCUT2D eigenvalue weighted by Gasteiger charge is 2.09. The molecule has 0 aliphatic rings. The highest BCUT2D eigenvalue weighted by Crippen LogP contribution is 2.19. The molecule has 3 nitrogen and oxygen atoms in total. The van der Waals surface area contributed by atoms with Gasteiger partial charge in [-0.25, -0.2) is 4.79 Å². The summed E-state index contributed by atoms with van der Waals surface area (Å²) in [5, 5.41) is 9.65. The van der Waals surface area contributed by atoms with E-state index in [9.17, 15) is 4.79 Å². The molecule has 1 aromatic heterocycles. The number of carbonyl (C=O) groups is 1. The van der Waals surface area contributed by atoms with Crippen molar-refractivity contribution in [2.75, 3.05) is 5.75 Å². The fourth-order valence-corrected chi connectivity index (χ4v) is 1.60. The van der Waals surface area contributed by atoms with Crippen molar-refractivity contribution < 1.29 is 9.90 Å². The van der Waals surface area contributed by atoms with E-state index in [1.165, 1.54) is 6.20 Å². The molecular weight excluding hydrogens is 222 g/mol. The molecule has 0 unspecified atom stereocenters. The molecule has 0 bridgehead atoms. The average molecular weight is 231 g/mol. The Bertz CT molecular complexity index is 604. The maximum Gasteiger partial charge on any atom is 0.337 e. The quantitative estimate of drug-likeness (QED) is 0.520. The monoisotopic (exact) mass is 231 g/mol. The number of hydrogen-bond donors (Lipinski definition) is 3. The van der Waals surface area contributed by atoms with Crippen molar-refractivity contribution in [2.24, 2.45) is 0 Å². The predicted octanol–water partition coefficient (Wildman–Crippen LogP) is 2.15. The minimum absolute atomic E-state index is 0.268. The number of hydrogen-bond acceptors (Lipinski definition) is 2. The molecular formula is C12H9NO2S. The second kappa shape index (κ2) is 4.33. The van der Waals surface area contributed by atoms with Crippen molar-refractivity contribution in [1.82, 2.24) is 4.98 Å². The summed E-state index contributed by atoms with van der Waals surface area (Å²) < 4.78 is 0. The summed E-state index contributed by atoms with van der Waals surface area (Å²) in [4.78, 5) is 13.8. The average Bonchev–Trinajstić information content (AvgIpc) is 2.69. The number of aromatic nitrogens is 1. The molecule has 2 aromatic rings. The summed E-state index contributed by atoms with van der Waals surface area (Å²) in [5.41, 5.74) is 1.86. The van der Waals surface area contributed by atoms with Crippen LogP contribution in [0, 0.1) is 11.8 Å². The Kier molecular flexibility index (Phi) is 2.88. The van der Waals surface area contributed by atoms with E-state index in [-0.39, 0.29) is 5.56 Å². The topological polar surface area (TPSA) is 53.1 Å². The summed E-state index contributed by atoms with van der Waals surface area (Å²) in [6.07, 6.45) is 1.49. The van der Waals surface area contributed by atoms with Crippen LogP contribution in [0.1, 0.15) is 15.9 Å². The van der Waals surface area contributed by atoms with Gasteiger partial charge in [-0.05, 0) is 18.2 Å². The van der Waals surface area contributed by atoms with E-state index in [1.807, 2.05) is 12.1 Å². The van der Waals surface area contributed by atoms with E-state index in [0.717, 1.165) is 11.1 Å². The van der Waals surface area contributed by atoms with Crippen LogP contribution in [0.4, 0.5) is 0 Å². The van der Waals surface area contributed by atoms with Gasteiger partial charge < -0.3 is 10.1 Å². The normalized spacial score (nSPS) is 9.81. The van der Waals surface area contributed by atoms with E-state index in [0.29, 0.717) is 11.1 Å². The highest BCUT2D eigenvalue weighted by atomic mass is 32.1. The van der Waals surface area contributed by atoms with Crippen LogP contribution in [0.15, 0.2) is 24.4 Å². The zero-order chi connectivity index (χ0) is 11.5. The van der Waals surface area contributed by atoms with Crippen molar-refractivity contribution in [1.29, 1.82) is 0 Å². The van der Waals surface area contributed by atoms with E-state index in [1.54, 1.807) is 6.07 Å². The SMILES string of the molecule is O=C(O)c1c[nH]c2ccc(C#CCS)cc12. The molecule has 0 atom stereocenters. The molecule has 0 aliphatic carbocycles. The highest BCUT2D eigenvalue weighted by molar-refractivity contribution is 7.80. The van der Waals surface area contributed by atoms with Crippen LogP contribution in [0.2, 0.25) is 0 Å². The van der Waals surface area contributed by atoms with Crippen LogP contribution < -0.4 is 0 Å². The minimum atomic E-state index is -0.939. The number of carboxylic acids is 1. The first-order valence-corrected chi connectivity index (χ1v) is 5.30. The zero-order valence-electron chi connectivity index (χ0n) is 8.32. The first kappa shape index (κ1) is 10.7. The van der Waals surface area contributed by atoms with Crippen LogP contribution in [-0.2, 0) is 0 Å². The molecule has 0 spiro atoms. The molecule has 16 heavy (non-hydrogen) atoms.